The summed E-state index contributed by atoms with van der Waals surface area (Å²) >= 11 is 0. The first-order chi connectivity index (χ1) is 16.4. The van der Waals surface area contributed by atoms with Crippen LogP contribution in [-0.2, 0) is 29.7 Å². The van der Waals surface area contributed by atoms with Gasteiger partial charge in [-0.3, -0.25) is 14.2 Å². The van der Waals surface area contributed by atoms with E-state index in [2.05, 4.69) is 24.1 Å². The Kier molecular flexibility index (Phi) is 6.24. The summed E-state index contributed by atoms with van der Waals surface area (Å²) in [5.41, 5.74) is -0.163. The van der Waals surface area contributed by atoms with E-state index in [1.165, 1.54) is 4.57 Å². The van der Waals surface area contributed by atoms with Crippen molar-refractivity contribution in [1.29, 1.82) is 0 Å². The van der Waals surface area contributed by atoms with E-state index < -0.39 is 11.2 Å². The number of hydrogen-bond donors (Lipinski definition) is 1. The van der Waals surface area contributed by atoms with Crippen molar-refractivity contribution in [2.75, 3.05) is 50.8 Å². The lowest BCUT2D eigenvalue weighted by molar-refractivity contribution is -0.136. The number of ether oxygens (including phenoxy) is 1. The Hall–Kier alpha value is -2.66. The lowest BCUT2D eigenvalue weighted by Crippen LogP contribution is -2.47. The highest BCUT2D eigenvalue weighted by Crippen LogP contribution is 2.33. The monoisotopic (exact) mass is 473 g/mol. The summed E-state index contributed by atoms with van der Waals surface area (Å²) in [7, 11) is 1.63. The SMILES string of the molecule is CC(C)CCn1c(N2CCC3CNCC32)nc2c1c(=O)n(CC(=O)N1CCOCC1)c(=O)n2C. The Bertz CT molecular complexity index is 1190. The predicted molar refractivity (Wildman–Crippen MR) is 128 cm³/mol. The van der Waals surface area contributed by atoms with Gasteiger partial charge >= 0.3 is 5.69 Å². The maximum atomic E-state index is 13.7. The van der Waals surface area contributed by atoms with E-state index in [4.69, 9.17) is 9.72 Å². The normalized spacial score (nSPS) is 22.8. The molecule has 2 aromatic heterocycles. The largest absolute Gasteiger partial charge is 0.378 e. The number of nitrogens with one attached hydrogen (secondary N) is 1. The number of fused-ring (bicyclic) bond motifs is 2. The molecule has 5 heterocycles. The molecule has 11 nitrogen and oxygen atoms in total. The molecular formula is C23H35N7O4. The van der Waals surface area contributed by atoms with Gasteiger partial charge in [-0.05, 0) is 24.7 Å². The minimum absolute atomic E-state index is 0.241. The first kappa shape index (κ1) is 23.1. The van der Waals surface area contributed by atoms with Crippen LogP contribution in [0.5, 0.6) is 0 Å². The van der Waals surface area contributed by atoms with E-state index in [1.807, 2.05) is 4.57 Å². The molecule has 2 aromatic rings. The first-order valence-corrected chi connectivity index (χ1v) is 12.4. The number of aryl methyl sites for hydroxylation is 2. The summed E-state index contributed by atoms with van der Waals surface area (Å²) in [5.74, 6) is 1.54. The highest BCUT2D eigenvalue weighted by molar-refractivity contribution is 5.78. The number of hydrogen-bond acceptors (Lipinski definition) is 7. The smallest absolute Gasteiger partial charge is 0.332 e. The third kappa shape index (κ3) is 3.94. The van der Waals surface area contributed by atoms with Crippen LogP contribution in [-0.4, -0.2) is 81.5 Å². The van der Waals surface area contributed by atoms with Crippen molar-refractivity contribution < 1.29 is 9.53 Å². The molecule has 2 unspecified atom stereocenters. The van der Waals surface area contributed by atoms with Crippen molar-refractivity contribution in [2.24, 2.45) is 18.9 Å². The van der Waals surface area contributed by atoms with Crippen molar-refractivity contribution in [1.82, 2.24) is 28.9 Å². The Morgan fingerprint density at radius 2 is 1.91 bits per heavy atom. The summed E-state index contributed by atoms with van der Waals surface area (Å²) < 4.78 is 9.80. The fourth-order valence-corrected chi connectivity index (χ4v) is 5.46. The quantitative estimate of drug-likeness (QED) is 0.608. The number of morpholine rings is 1. The van der Waals surface area contributed by atoms with Gasteiger partial charge in [-0.25, -0.2) is 9.36 Å². The number of aromatic nitrogens is 4. The average molecular weight is 474 g/mol. The number of carbonyl (C=O) groups excluding carboxylic acids is 1. The van der Waals surface area contributed by atoms with Crippen LogP contribution in [0.25, 0.3) is 11.2 Å². The highest BCUT2D eigenvalue weighted by Gasteiger charge is 2.40. The summed E-state index contributed by atoms with van der Waals surface area (Å²) in [6, 6.07) is 0.344. The molecule has 3 aliphatic rings. The molecule has 0 aliphatic carbocycles. The van der Waals surface area contributed by atoms with Gasteiger partial charge < -0.3 is 24.4 Å². The van der Waals surface area contributed by atoms with Crippen LogP contribution < -0.4 is 21.5 Å². The number of imidazole rings is 1. The molecule has 186 valence electrons. The molecule has 5 rings (SSSR count). The lowest BCUT2D eigenvalue weighted by atomic mass is 10.1. The van der Waals surface area contributed by atoms with E-state index in [0.29, 0.717) is 61.9 Å². The second-order valence-corrected chi connectivity index (χ2v) is 10.1. The molecule has 11 heteroatoms. The van der Waals surface area contributed by atoms with Crippen molar-refractivity contribution in [3.05, 3.63) is 20.8 Å². The standard InChI is InChI=1S/C23H35N7O4/c1-15(2)4-6-29-19-20(25-22(29)28-7-5-16-12-24-13-17(16)28)26(3)23(33)30(21(19)32)14-18(31)27-8-10-34-11-9-27/h15-17,24H,4-14H2,1-3H3. The molecule has 3 fully saturated rings. The van der Waals surface area contributed by atoms with Crippen molar-refractivity contribution >= 4 is 23.0 Å². The van der Waals surface area contributed by atoms with Crippen LogP contribution in [0.15, 0.2) is 9.59 Å². The molecule has 0 saturated carbocycles. The van der Waals surface area contributed by atoms with Crippen LogP contribution in [0.4, 0.5) is 5.95 Å². The Balaban J connectivity index is 1.60. The van der Waals surface area contributed by atoms with Gasteiger partial charge in [0.25, 0.3) is 5.56 Å². The van der Waals surface area contributed by atoms with Gasteiger partial charge in [-0.15, -0.1) is 0 Å². The van der Waals surface area contributed by atoms with Gasteiger partial charge in [0.1, 0.15) is 6.54 Å². The van der Waals surface area contributed by atoms with Crippen LogP contribution in [0.1, 0.15) is 26.7 Å². The zero-order valence-corrected chi connectivity index (χ0v) is 20.3. The number of nitrogens with zero attached hydrogens (tertiary/aromatic N) is 6. The molecule has 0 aromatic carbocycles. The second kappa shape index (κ2) is 9.18. The van der Waals surface area contributed by atoms with Gasteiger partial charge in [0.2, 0.25) is 11.9 Å². The molecular weight excluding hydrogens is 438 g/mol. The minimum Gasteiger partial charge on any atom is -0.378 e. The van der Waals surface area contributed by atoms with E-state index in [9.17, 15) is 14.4 Å². The molecule has 1 N–H and O–H groups in total. The Labute approximate surface area is 198 Å². The van der Waals surface area contributed by atoms with Gasteiger partial charge in [-0.2, -0.15) is 4.98 Å². The van der Waals surface area contributed by atoms with Crippen molar-refractivity contribution in [3.8, 4) is 0 Å². The van der Waals surface area contributed by atoms with Crippen LogP contribution in [0.2, 0.25) is 0 Å². The molecule has 3 aliphatic heterocycles. The minimum atomic E-state index is -0.513. The van der Waals surface area contributed by atoms with Crippen molar-refractivity contribution in [2.45, 2.75) is 45.8 Å². The first-order valence-electron chi connectivity index (χ1n) is 12.4. The zero-order chi connectivity index (χ0) is 24.0. The number of amides is 1. The molecule has 0 radical (unpaired) electrons. The summed E-state index contributed by atoms with van der Waals surface area (Å²) in [4.78, 5) is 48.6. The maximum absolute atomic E-state index is 13.7. The number of rotatable bonds is 6. The van der Waals surface area contributed by atoms with E-state index in [-0.39, 0.29) is 12.5 Å². The fraction of sp³-hybridized carbons (Fsp3) is 0.739. The molecule has 1 amide bonds. The topological polar surface area (TPSA) is 107 Å². The molecule has 2 atom stereocenters. The molecule has 3 saturated heterocycles. The van der Waals surface area contributed by atoms with Crippen molar-refractivity contribution in [3.63, 3.8) is 0 Å². The maximum Gasteiger partial charge on any atom is 0.332 e. The third-order valence-electron chi connectivity index (χ3n) is 7.50. The van der Waals surface area contributed by atoms with E-state index >= 15 is 0 Å². The van der Waals surface area contributed by atoms with E-state index in [0.717, 1.165) is 43.0 Å². The van der Waals surface area contributed by atoms with E-state index in [1.54, 1.807) is 11.9 Å². The lowest BCUT2D eigenvalue weighted by Gasteiger charge is -2.27. The molecule has 0 bridgehead atoms. The summed E-state index contributed by atoms with van der Waals surface area (Å²) in [6.45, 7) is 9.33. The number of carbonyl (C=O) groups is 1. The summed E-state index contributed by atoms with van der Waals surface area (Å²) in [6.07, 6.45) is 1.97. The third-order valence-corrected chi connectivity index (χ3v) is 7.50. The van der Waals surface area contributed by atoms with Crippen LogP contribution in [0.3, 0.4) is 0 Å². The molecule has 34 heavy (non-hydrogen) atoms. The zero-order valence-electron chi connectivity index (χ0n) is 20.3. The summed E-state index contributed by atoms with van der Waals surface area (Å²) in [5, 5.41) is 3.47. The Morgan fingerprint density at radius 3 is 2.65 bits per heavy atom. The van der Waals surface area contributed by atoms with Crippen LogP contribution >= 0.6 is 0 Å². The predicted octanol–water partition coefficient (Wildman–Crippen LogP) is -0.400. The fourth-order valence-electron chi connectivity index (χ4n) is 5.46. The highest BCUT2D eigenvalue weighted by atomic mass is 16.5. The molecule has 0 spiro atoms. The second-order valence-electron chi connectivity index (χ2n) is 10.1. The van der Waals surface area contributed by atoms with Gasteiger partial charge in [0, 0.05) is 52.4 Å². The van der Waals surface area contributed by atoms with Gasteiger partial charge in [-0.1, -0.05) is 13.8 Å². The average Bonchev–Trinajstić information content (AvgIpc) is 3.54. The van der Waals surface area contributed by atoms with Gasteiger partial charge in [0.05, 0.1) is 13.2 Å². The Morgan fingerprint density at radius 1 is 1.15 bits per heavy atom. The number of anilines is 1. The van der Waals surface area contributed by atoms with Gasteiger partial charge in [0.15, 0.2) is 11.2 Å². The van der Waals surface area contributed by atoms with Crippen LogP contribution in [0, 0.1) is 11.8 Å².